The smallest absolute Gasteiger partial charge is 0.222 e. The monoisotopic (exact) mass is 288 g/mol. The fourth-order valence-electron chi connectivity index (χ4n) is 2.76. The highest BCUT2D eigenvalue weighted by atomic mass is 16.2. The Balaban J connectivity index is 1.78. The molecule has 0 radical (unpaired) electrons. The third-order valence-electron chi connectivity index (χ3n) is 4.31. The van der Waals surface area contributed by atoms with Crippen molar-refractivity contribution in [3.05, 3.63) is 35.4 Å². The van der Waals surface area contributed by atoms with Gasteiger partial charge >= 0.3 is 0 Å². The second-order valence-electron chi connectivity index (χ2n) is 5.73. The topological polar surface area (TPSA) is 63.4 Å². The van der Waals surface area contributed by atoms with Gasteiger partial charge in [0.05, 0.1) is 0 Å². The van der Waals surface area contributed by atoms with Gasteiger partial charge in [0.1, 0.15) is 0 Å². The molecule has 1 aliphatic rings. The van der Waals surface area contributed by atoms with E-state index in [0.717, 1.165) is 12.8 Å². The maximum absolute atomic E-state index is 12.2. The molecule has 2 amide bonds. The van der Waals surface area contributed by atoms with E-state index in [1.807, 2.05) is 4.90 Å². The molecule has 1 aromatic carbocycles. The lowest BCUT2D eigenvalue weighted by molar-refractivity contribution is -0.134. The second kappa shape index (κ2) is 7.25. The lowest BCUT2D eigenvalue weighted by Gasteiger charge is -2.30. The average molecular weight is 288 g/mol. The quantitative estimate of drug-likeness (QED) is 0.899. The van der Waals surface area contributed by atoms with E-state index < -0.39 is 0 Å². The highest BCUT2D eigenvalue weighted by Crippen LogP contribution is 2.18. The molecule has 0 saturated carbocycles. The fourth-order valence-corrected chi connectivity index (χ4v) is 2.76. The van der Waals surface area contributed by atoms with Gasteiger partial charge in [-0.3, -0.25) is 9.59 Å². The van der Waals surface area contributed by atoms with Crippen molar-refractivity contribution in [2.24, 2.45) is 11.7 Å². The molecule has 0 aliphatic carbocycles. The lowest BCUT2D eigenvalue weighted by Crippen LogP contribution is -2.41. The van der Waals surface area contributed by atoms with Gasteiger partial charge < -0.3 is 10.6 Å². The molecule has 4 heteroatoms. The first-order valence-electron chi connectivity index (χ1n) is 7.75. The van der Waals surface area contributed by atoms with Crippen molar-refractivity contribution in [2.45, 2.75) is 39.0 Å². The van der Waals surface area contributed by atoms with Crippen LogP contribution < -0.4 is 5.73 Å². The zero-order valence-electron chi connectivity index (χ0n) is 12.7. The van der Waals surface area contributed by atoms with Crippen molar-refractivity contribution in [3.8, 4) is 0 Å². The molecule has 0 spiro atoms. The van der Waals surface area contributed by atoms with Crippen LogP contribution in [0.4, 0.5) is 0 Å². The minimum atomic E-state index is -0.238. The van der Waals surface area contributed by atoms with Crippen LogP contribution in [-0.4, -0.2) is 29.8 Å². The Bertz CT molecular complexity index is 488. The number of hydrogen-bond acceptors (Lipinski definition) is 2. The molecule has 1 saturated heterocycles. The number of benzene rings is 1. The summed E-state index contributed by atoms with van der Waals surface area (Å²) in [6.45, 7) is 3.44. The third-order valence-corrected chi connectivity index (χ3v) is 4.31. The van der Waals surface area contributed by atoms with Crippen molar-refractivity contribution < 1.29 is 9.59 Å². The van der Waals surface area contributed by atoms with Crippen LogP contribution in [0.2, 0.25) is 0 Å². The molecular weight excluding hydrogens is 264 g/mol. The van der Waals surface area contributed by atoms with Gasteiger partial charge in [-0.1, -0.05) is 31.2 Å². The maximum atomic E-state index is 12.2. The van der Waals surface area contributed by atoms with E-state index in [1.54, 1.807) is 0 Å². The Kier molecular flexibility index (Phi) is 5.37. The Morgan fingerprint density at radius 3 is 2.24 bits per heavy atom. The minimum absolute atomic E-state index is 0.0596. The van der Waals surface area contributed by atoms with Crippen LogP contribution in [-0.2, 0) is 22.4 Å². The summed E-state index contributed by atoms with van der Waals surface area (Å²) in [7, 11) is 0. The van der Waals surface area contributed by atoms with Gasteiger partial charge in [-0.2, -0.15) is 0 Å². The first-order chi connectivity index (χ1) is 10.1. The van der Waals surface area contributed by atoms with Gasteiger partial charge in [0.15, 0.2) is 0 Å². The van der Waals surface area contributed by atoms with Crippen LogP contribution in [0.25, 0.3) is 0 Å². The van der Waals surface area contributed by atoms with Crippen LogP contribution >= 0.6 is 0 Å². The molecule has 0 unspecified atom stereocenters. The van der Waals surface area contributed by atoms with E-state index in [2.05, 4.69) is 31.2 Å². The Labute approximate surface area is 126 Å². The summed E-state index contributed by atoms with van der Waals surface area (Å²) in [5, 5.41) is 0. The SMILES string of the molecule is CCc1ccc(CCC(=O)N2CCC(C(N)=O)CC2)cc1. The number of nitrogens with zero attached hydrogens (tertiary/aromatic N) is 1. The standard InChI is InChI=1S/C17H24N2O2/c1-2-13-3-5-14(6-4-13)7-8-16(20)19-11-9-15(10-12-19)17(18)21/h3-6,15H,2,7-12H2,1H3,(H2,18,21). The first-order valence-corrected chi connectivity index (χ1v) is 7.75. The number of piperidine rings is 1. The second-order valence-corrected chi connectivity index (χ2v) is 5.73. The van der Waals surface area contributed by atoms with E-state index >= 15 is 0 Å². The lowest BCUT2D eigenvalue weighted by atomic mass is 9.96. The third kappa shape index (κ3) is 4.31. The van der Waals surface area contributed by atoms with Crippen LogP contribution in [0.15, 0.2) is 24.3 Å². The highest BCUT2D eigenvalue weighted by molar-refractivity contribution is 5.79. The largest absolute Gasteiger partial charge is 0.369 e. The van der Waals surface area contributed by atoms with Gasteiger partial charge in [-0.15, -0.1) is 0 Å². The van der Waals surface area contributed by atoms with Gasteiger partial charge in [-0.05, 0) is 36.8 Å². The molecule has 1 fully saturated rings. The number of rotatable bonds is 5. The van der Waals surface area contributed by atoms with Gasteiger partial charge in [0.25, 0.3) is 0 Å². The van der Waals surface area contributed by atoms with Crippen LogP contribution in [0, 0.1) is 5.92 Å². The molecule has 0 atom stereocenters. The summed E-state index contributed by atoms with van der Waals surface area (Å²) >= 11 is 0. The molecule has 0 bridgehead atoms. The first kappa shape index (κ1) is 15.5. The molecule has 2 rings (SSSR count). The summed E-state index contributed by atoms with van der Waals surface area (Å²) in [5.74, 6) is -0.119. The average Bonchev–Trinajstić information content (AvgIpc) is 2.53. The van der Waals surface area contributed by atoms with E-state index in [4.69, 9.17) is 5.73 Å². The molecule has 2 N–H and O–H groups in total. The molecular formula is C17H24N2O2. The Morgan fingerprint density at radius 1 is 1.14 bits per heavy atom. The number of nitrogens with two attached hydrogens (primary N) is 1. The Hall–Kier alpha value is -1.84. The summed E-state index contributed by atoms with van der Waals surface area (Å²) in [6.07, 6.45) is 3.75. The minimum Gasteiger partial charge on any atom is -0.369 e. The molecule has 1 aromatic rings. The van der Waals surface area contributed by atoms with E-state index in [1.165, 1.54) is 11.1 Å². The molecule has 1 aliphatic heterocycles. The predicted octanol–water partition coefficient (Wildman–Crippen LogP) is 1.91. The van der Waals surface area contributed by atoms with E-state index in [0.29, 0.717) is 32.4 Å². The van der Waals surface area contributed by atoms with Crippen molar-refractivity contribution in [2.75, 3.05) is 13.1 Å². The van der Waals surface area contributed by atoms with Gasteiger partial charge in [0, 0.05) is 25.4 Å². The number of primary amides is 1. The zero-order valence-corrected chi connectivity index (χ0v) is 12.7. The molecule has 114 valence electrons. The summed E-state index contributed by atoms with van der Waals surface area (Å²) in [6, 6.07) is 8.45. The van der Waals surface area contributed by atoms with Gasteiger partial charge in [0.2, 0.25) is 11.8 Å². The van der Waals surface area contributed by atoms with Crippen LogP contribution in [0.5, 0.6) is 0 Å². The number of aryl methyl sites for hydroxylation is 2. The van der Waals surface area contributed by atoms with E-state index in [9.17, 15) is 9.59 Å². The highest BCUT2D eigenvalue weighted by Gasteiger charge is 2.25. The van der Waals surface area contributed by atoms with Crippen LogP contribution in [0.1, 0.15) is 37.3 Å². The molecule has 1 heterocycles. The van der Waals surface area contributed by atoms with Crippen molar-refractivity contribution in [1.29, 1.82) is 0 Å². The number of likely N-dealkylation sites (tertiary alicyclic amines) is 1. The van der Waals surface area contributed by atoms with Crippen molar-refractivity contribution in [1.82, 2.24) is 4.90 Å². The predicted molar refractivity (Wildman–Crippen MR) is 82.6 cm³/mol. The summed E-state index contributed by atoms with van der Waals surface area (Å²) in [5.41, 5.74) is 7.82. The van der Waals surface area contributed by atoms with Gasteiger partial charge in [-0.25, -0.2) is 0 Å². The number of amides is 2. The normalized spacial score (nSPS) is 16.0. The molecule has 0 aromatic heterocycles. The van der Waals surface area contributed by atoms with Crippen LogP contribution in [0.3, 0.4) is 0 Å². The molecule has 21 heavy (non-hydrogen) atoms. The summed E-state index contributed by atoms with van der Waals surface area (Å²) < 4.78 is 0. The fraction of sp³-hybridized carbons (Fsp3) is 0.529. The van der Waals surface area contributed by atoms with Crippen molar-refractivity contribution in [3.63, 3.8) is 0 Å². The number of carbonyl (C=O) groups is 2. The number of carbonyl (C=O) groups excluding carboxylic acids is 2. The summed E-state index contributed by atoms with van der Waals surface area (Å²) in [4.78, 5) is 25.2. The Morgan fingerprint density at radius 2 is 1.71 bits per heavy atom. The number of hydrogen-bond donors (Lipinski definition) is 1. The van der Waals surface area contributed by atoms with Crippen molar-refractivity contribution >= 4 is 11.8 Å². The molecule has 4 nitrogen and oxygen atoms in total. The zero-order chi connectivity index (χ0) is 15.2. The maximum Gasteiger partial charge on any atom is 0.222 e. The van der Waals surface area contributed by atoms with E-state index in [-0.39, 0.29) is 17.7 Å².